The molecule has 1 aromatic carbocycles. The number of hydrogen-bond donors (Lipinski definition) is 1. The summed E-state index contributed by atoms with van der Waals surface area (Å²) in [4.78, 5) is 3.66. The summed E-state index contributed by atoms with van der Waals surface area (Å²) in [5.74, 6) is -0.292. The molecule has 1 aliphatic heterocycles. The fraction of sp³-hybridized carbons (Fsp3) is 0.600. The van der Waals surface area contributed by atoms with E-state index in [9.17, 15) is 17.6 Å². The molecule has 1 atom stereocenters. The Morgan fingerprint density at radius 2 is 1.77 bits per heavy atom. The number of halogens is 4. The van der Waals surface area contributed by atoms with Crippen molar-refractivity contribution in [3.63, 3.8) is 0 Å². The van der Waals surface area contributed by atoms with Crippen LogP contribution in [0.4, 0.5) is 23.2 Å². The molecule has 1 aliphatic rings. The van der Waals surface area contributed by atoms with Crippen molar-refractivity contribution in [2.45, 2.75) is 31.2 Å². The van der Waals surface area contributed by atoms with Crippen molar-refractivity contribution in [3.05, 3.63) is 30.1 Å². The number of benzene rings is 1. The maximum Gasteiger partial charge on any atom is 0.415 e. The molecule has 3 nitrogen and oxygen atoms in total. The molecule has 1 aromatic rings. The van der Waals surface area contributed by atoms with E-state index in [4.69, 9.17) is 5.11 Å². The summed E-state index contributed by atoms with van der Waals surface area (Å²) in [6.45, 7) is 0.982. The number of nitrogens with zero attached hydrogens (tertiary/aromatic N) is 2. The van der Waals surface area contributed by atoms with Crippen LogP contribution >= 0.6 is 0 Å². The van der Waals surface area contributed by atoms with E-state index in [1.54, 1.807) is 24.1 Å². The SMILES string of the molecule is CN(CC(O)C(F)(F)F)C1CCN(c2ccc(F)cc2)CC1. The summed E-state index contributed by atoms with van der Waals surface area (Å²) in [6, 6.07) is 6.20. The van der Waals surface area contributed by atoms with Gasteiger partial charge in [-0.05, 0) is 44.2 Å². The molecule has 1 fully saturated rings. The van der Waals surface area contributed by atoms with Crippen LogP contribution in [-0.2, 0) is 0 Å². The Hall–Kier alpha value is -1.34. The fourth-order valence-corrected chi connectivity index (χ4v) is 2.74. The summed E-state index contributed by atoms with van der Waals surface area (Å²) in [5.41, 5.74) is 0.915. The molecule has 2 rings (SSSR count). The Bertz CT molecular complexity index is 469. The maximum absolute atomic E-state index is 12.9. The number of hydrogen-bond acceptors (Lipinski definition) is 3. The zero-order chi connectivity index (χ0) is 16.3. The number of piperidine rings is 1. The molecular formula is C15H20F4N2O. The molecule has 1 heterocycles. The number of rotatable bonds is 4. The number of anilines is 1. The second-order valence-electron chi connectivity index (χ2n) is 5.69. The lowest BCUT2D eigenvalue weighted by Crippen LogP contribution is -2.48. The van der Waals surface area contributed by atoms with Crippen molar-refractivity contribution in [2.75, 3.05) is 31.6 Å². The zero-order valence-electron chi connectivity index (χ0n) is 12.4. The third-order valence-corrected chi connectivity index (χ3v) is 4.12. The van der Waals surface area contributed by atoms with Crippen molar-refractivity contribution >= 4 is 5.69 Å². The number of likely N-dealkylation sites (N-methyl/N-ethyl adjacent to an activating group) is 1. The Morgan fingerprint density at radius 1 is 1.23 bits per heavy atom. The van der Waals surface area contributed by atoms with Crippen LogP contribution in [0.2, 0.25) is 0 Å². The van der Waals surface area contributed by atoms with Gasteiger partial charge in [0, 0.05) is 31.4 Å². The van der Waals surface area contributed by atoms with Crippen LogP contribution in [0.3, 0.4) is 0 Å². The van der Waals surface area contributed by atoms with Gasteiger partial charge < -0.3 is 14.9 Å². The van der Waals surface area contributed by atoms with Crippen LogP contribution in [-0.4, -0.2) is 55.0 Å². The molecule has 0 aliphatic carbocycles. The van der Waals surface area contributed by atoms with Gasteiger partial charge >= 0.3 is 6.18 Å². The molecule has 0 saturated carbocycles. The van der Waals surface area contributed by atoms with E-state index in [0.29, 0.717) is 25.9 Å². The zero-order valence-corrected chi connectivity index (χ0v) is 12.4. The van der Waals surface area contributed by atoms with Gasteiger partial charge in [-0.3, -0.25) is 0 Å². The predicted molar refractivity (Wildman–Crippen MR) is 76.3 cm³/mol. The van der Waals surface area contributed by atoms with Crippen molar-refractivity contribution in [3.8, 4) is 0 Å². The first kappa shape index (κ1) is 17.0. The number of aliphatic hydroxyl groups excluding tert-OH is 1. The lowest BCUT2D eigenvalue weighted by molar-refractivity contribution is -0.208. The fourth-order valence-electron chi connectivity index (χ4n) is 2.74. The quantitative estimate of drug-likeness (QED) is 0.864. The predicted octanol–water partition coefficient (Wildman–Crippen LogP) is 2.65. The standard InChI is InChI=1S/C15H20F4N2O/c1-20(10-14(22)15(17,18)19)12-6-8-21(9-7-12)13-4-2-11(16)3-5-13/h2-5,12,14,22H,6-10H2,1H3. The van der Waals surface area contributed by atoms with Crippen LogP contribution in [0.25, 0.3) is 0 Å². The molecule has 22 heavy (non-hydrogen) atoms. The highest BCUT2D eigenvalue weighted by molar-refractivity contribution is 5.46. The van der Waals surface area contributed by atoms with Gasteiger partial charge in [0.25, 0.3) is 0 Å². The molecule has 1 saturated heterocycles. The van der Waals surface area contributed by atoms with Gasteiger partial charge in [-0.2, -0.15) is 13.2 Å². The average Bonchev–Trinajstić information content (AvgIpc) is 2.47. The minimum Gasteiger partial charge on any atom is -0.382 e. The first-order chi connectivity index (χ1) is 10.3. The van der Waals surface area contributed by atoms with Crippen molar-refractivity contribution in [2.24, 2.45) is 0 Å². The van der Waals surface area contributed by atoms with Crippen LogP contribution in [0.1, 0.15) is 12.8 Å². The molecule has 0 radical (unpaired) electrons. The monoisotopic (exact) mass is 320 g/mol. The van der Waals surface area contributed by atoms with Gasteiger partial charge in [-0.15, -0.1) is 0 Å². The van der Waals surface area contributed by atoms with Gasteiger partial charge in [0.05, 0.1) is 0 Å². The van der Waals surface area contributed by atoms with Gasteiger partial charge in [0.15, 0.2) is 6.10 Å². The van der Waals surface area contributed by atoms with Crippen molar-refractivity contribution < 1.29 is 22.7 Å². The molecular weight excluding hydrogens is 300 g/mol. The summed E-state index contributed by atoms with van der Waals surface area (Å²) < 4.78 is 50.0. The van der Waals surface area contributed by atoms with E-state index in [-0.39, 0.29) is 11.9 Å². The molecule has 0 aromatic heterocycles. The Morgan fingerprint density at radius 3 is 2.27 bits per heavy atom. The van der Waals surface area contributed by atoms with E-state index >= 15 is 0 Å². The smallest absolute Gasteiger partial charge is 0.382 e. The first-order valence-corrected chi connectivity index (χ1v) is 7.23. The normalized spacial score (nSPS) is 18.8. The molecule has 1 N–H and O–H groups in total. The summed E-state index contributed by atoms with van der Waals surface area (Å²) in [7, 11) is 1.60. The van der Waals surface area contributed by atoms with Crippen molar-refractivity contribution in [1.82, 2.24) is 4.90 Å². The Kier molecular flexibility index (Phi) is 5.28. The van der Waals surface area contributed by atoms with Gasteiger partial charge in [0.2, 0.25) is 0 Å². The van der Waals surface area contributed by atoms with Gasteiger partial charge in [-0.25, -0.2) is 4.39 Å². The van der Waals surface area contributed by atoms with Crippen LogP contribution < -0.4 is 4.90 Å². The summed E-state index contributed by atoms with van der Waals surface area (Å²) >= 11 is 0. The topological polar surface area (TPSA) is 26.7 Å². The minimum atomic E-state index is -4.58. The average molecular weight is 320 g/mol. The van der Waals surface area contributed by atoms with E-state index < -0.39 is 18.8 Å². The Balaban J connectivity index is 1.85. The van der Waals surface area contributed by atoms with E-state index in [2.05, 4.69) is 4.90 Å². The van der Waals surface area contributed by atoms with Crippen molar-refractivity contribution in [1.29, 1.82) is 0 Å². The number of aliphatic hydroxyl groups is 1. The number of alkyl halides is 3. The van der Waals surface area contributed by atoms with Gasteiger partial charge in [-0.1, -0.05) is 0 Å². The van der Waals surface area contributed by atoms with E-state index in [0.717, 1.165) is 5.69 Å². The summed E-state index contributed by atoms with van der Waals surface area (Å²) in [6.07, 6.45) is -5.48. The minimum absolute atomic E-state index is 0.00805. The van der Waals surface area contributed by atoms with E-state index in [1.165, 1.54) is 12.1 Å². The largest absolute Gasteiger partial charge is 0.415 e. The second-order valence-corrected chi connectivity index (χ2v) is 5.69. The lowest BCUT2D eigenvalue weighted by Gasteiger charge is -2.38. The molecule has 0 amide bonds. The highest BCUT2D eigenvalue weighted by atomic mass is 19.4. The third-order valence-electron chi connectivity index (χ3n) is 4.12. The maximum atomic E-state index is 12.9. The van der Waals surface area contributed by atoms with Crippen LogP contribution in [0.15, 0.2) is 24.3 Å². The lowest BCUT2D eigenvalue weighted by atomic mass is 10.0. The molecule has 0 spiro atoms. The highest BCUT2D eigenvalue weighted by Crippen LogP contribution is 2.25. The first-order valence-electron chi connectivity index (χ1n) is 7.23. The van der Waals surface area contributed by atoms with Crippen LogP contribution in [0.5, 0.6) is 0 Å². The highest BCUT2D eigenvalue weighted by Gasteiger charge is 2.39. The molecule has 7 heteroatoms. The second kappa shape index (κ2) is 6.83. The third kappa shape index (κ3) is 4.33. The van der Waals surface area contributed by atoms with E-state index in [1.807, 2.05) is 0 Å². The molecule has 1 unspecified atom stereocenters. The molecule has 0 bridgehead atoms. The Labute approximate surface area is 127 Å². The van der Waals surface area contributed by atoms with Crippen LogP contribution in [0, 0.1) is 5.82 Å². The molecule has 124 valence electrons. The van der Waals surface area contributed by atoms with Gasteiger partial charge in [0.1, 0.15) is 5.82 Å². The summed E-state index contributed by atoms with van der Waals surface area (Å²) in [5, 5.41) is 9.13.